The molecule has 1 atom stereocenters. The first kappa shape index (κ1) is 15.5. The molecule has 0 aliphatic heterocycles. The zero-order valence-electron chi connectivity index (χ0n) is 11.0. The van der Waals surface area contributed by atoms with E-state index in [1.807, 2.05) is 22.6 Å². The third kappa shape index (κ3) is 2.77. The second-order valence-corrected chi connectivity index (χ2v) is 5.71. The summed E-state index contributed by atoms with van der Waals surface area (Å²) in [5.41, 5.74) is 10.2. The van der Waals surface area contributed by atoms with Crippen LogP contribution in [0.25, 0.3) is 0 Å². The van der Waals surface area contributed by atoms with Crippen LogP contribution in [0.4, 0.5) is 0 Å². The Bertz CT molecular complexity index is 703. The molecule has 6 N–H and O–H groups in total. The molecule has 0 aromatic heterocycles. The molecule has 6 heteroatoms. The van der Waals surface area contributed by atoms with Crippen molar-refractivity contribution in [3.05, 3.63) is 68.8 Å². The minimum absolute atomic E-state index is 0.0817. The van der Waals surface area contributed by atoms with Crippen LogP contribution < -0.4 is 11.5 Å². The maximum Gasteiger partial charge on any atom is 0.258 e. The summed E-state index contributed by atoms with van der Waals surface area (Å²) in [5.74, 6) is -0.941. The second-order valence-electron chi connectivity index (χ2n) is 4.55. The van der Waals surface area contributed by atoms with Crippen LogP contribution in [-0.2, 0) is 10.4 Å². The summed E-state index contributed by atoms with van der Waals surface area (Å²) in [7, 11) is 0. The van der Waals surface area contributed by atoms with Crippen LogP contribution in [0.2, 0.25) is 0 Å². The molecule has 0 bridgehead atoms. The molecule has 1 unspecified atom stereocenters. The van der Waals surface area contributed by atoms with Crippen molar-refractivity contribution >= 4 is 34.3 Å². The quantitative estimate of drug-likeness (QED) is 0.356. The Kier molecular flexibility index (Phi) is 4.29. The number of hydrogen-bond acceptors (Lipinski definition) is 3. The zero-order chi connectivity index (χ0) is 15.6. The van der Waals surface area contributed by atoms with Crippen molar-refractivity contribution in [3.8, 4) is 0 Å². The molecule has 0 aliphatic rings. The van der Waals surface area contributed by atoms with E-state index in [2.05, 4.69) is 0 Å². The maximum atomic E-state index is 11.9. The van der Waals surface area contributed by atoms with Gasteiger partial charge in [-0.05, 0) is 34.2 Å². The number of amides is 1. The average molecular weight is 395 g/mol. The molecule has 0 saturated carbocycles. The number of aliphatic hydroxyl groups is 1. The molecule has 1 amide bonds. The van der Waals surface area contributed by atoms with Crippen LogP contribution >= 0.6 is 22.6 Å². The molecule has 108 valence electrons. The van der Waals surface area contributed by atoms with E-state index >= 15 is 0 Å². The highest BCUT2D eigenvalue weighted by Gasteiger charge is 2.39. The van der Waals surface area contributed by atoms with E-state index in [0.29, 0.717) is 20.3 Å². The van der Waals surface area contributed by atoms with Gasteiger partial charge in [0, 0.05) is 14.7 Å². The van der Waals surface area contributed by atoms with Gasteiger partial charge in [0.1, 0.15) is 5.84 Å². The van der Waals surface area contributed by atoms with Gasteiger partial charge in [0.2, 0.25) is 0 Å². The van der Waals surface area contributed by atoms with E-state index < -0.39 is 11.5 Å². The number of rotatable bonds is 4. The summed E-state index contributed by atoms with van der Waals surface area (Å²) in [4.78, 5) is 11.9. The van der Waals surface area contributed by atoms with E-state index in [0.717, 1.165) is 0 Å². The first-order valence-electron chi connectivity index (χ1n) is 6.09. The van der Waals surface area contributed by atoms with Crippen LogP contribution in [0.3, 0.4) is 0 Å². The first-order valence-corrected chi connectivity index (χ1v) is 7.17. The van der Waals surface area contributed by atoms with E-state index in [1.54, 1.807) is 48.5 Å². The third-order valence-corrected chi connectivity index (χ3v) is 4.11. The maximum absolute atomic E-state index is 11.9. The third-order valence-electron chi connectivity index (χ3n) is 3.22. The number of nitrogens with one attached hydrogen (secondary N) is 1. The molecular weight excluding hydrogens is 381 g/mol. The van der Waals surface area contributed by atoms with E-state index in [4.69, 9.17) is 16.9 Å². The van der Waals surface area contributed by atoms with E-state index in [9.17, 15) is 9.90 Å². The van der Waals surface area contributed by atoms with Gasteiger partial charge in [-0.15, -0.1) is 0 Å². The highest BCUT2D eigenvalue weighted by atomic mass is 127. The molecule has 21 heavy (non-hydrogen) atoms. The fraction of sp³-hybridized carbons (Fsp3) is 0.0667. The minimum atomic E-state index is -1.92. The zero-order valence-corrected chi connectivity index (χ0v) is 13.2. The van der Waals surface area contributed by atoms with E-state index in [1.165, 1.54) is 0 Å². The van der Waals surface area contributed by atoms with Crippen molar-refractivity contribution in [2.24, 2.45) is 11.5 Å². The largest absolute Gasteiger partial charge is 0.384 e. The lowest BCUT2D eigenvalue weighted by atomic mass is 9.85. The topological polar surface area (TPSA) is 113 Å². The van der Waals surface area contributed by atoms with Crippen LogP contribution in [0, 0.1) is 8.98 Å². The highest BCUT2D eigenvalue weighted by molar-refractivity contribution is 14.1. The van der Waals surface area contributed by atoms with Gasteiger partial charge in [-0.2, -0.15) is 0 Å². The van der Waals surface area contributed by atoms with Crippen molar-refractivity contribution < 1.29 is 9.90 Å². The van der Waals surface area contributed by atoms with Crippen LogP contribution in [0.5, 0.6) is 0 Å². The molecule has 2 rings (SSSR count). The number of halogens is 1. The van der Waals surface area contributed by atoms with Gasteiger partial charge in [0.05, 0.1) is 0 Å². The molecule has 0 saturated heterocycles. The fourth-order valence-electron chi connectivity index (χ4n) is 2.09. The Morgan fingerprint density at radius 2 is 1.76 bits per heavy atom. The summed E-state index contributed by atoms with van der Waals surface area (Å²) in [6, 6.07) is 13.3. The SMILES string of the molecule is N=C(N)c1ccc(C(O)(C(N)=O)c2ccccc2)c(I)c1. The lowest BCUT2D eigenvalue weighted by Gasteiger charge is -2.27. The molecular formula is C15H14IN3O2. The minimum Gasteiger partial charge on any atom is -0.384 e. The first-order chi connectivity index (χ1) is 9.87. The molecule has 0 aliphatic carbocycles. The molecule has 0 fully saturated rings. The summed E-state index contributed by atoms with van der Waals surface area (Å²) in [6.45, 7) is 0. The molecule has 2 aromatic rings. The Balaban J connectivity index is 2.65. The van der Waals surface area contributed by atoms with Gasteiger partial charge >= 0.3 is 0 Å². The summed E-state index contributed by atoms with van der Waals surface area (Å²) >= 11 is 1.98. The normalized spacial score (nSPS) is 13.4. The summed E-state index contributed by atoms with van der Waals surface area (Å²) in [5, 5.41) is 18.3. The van der Waals surface area contributed by atoms with Gasteiger partial charge in [-0.25, -0.2) is 0 Å². The fourth-order valence-corrected chi connectivity index (χ4v) is 2.99. The van der Waals surface area contributed by atoms with Crippen LogP contribution in [0.1, 0.15) is 16.7 Å². The van der Waals surface area contributed by atoms with Gasteiger partial charge in [-0.3, -0.25) is 10.2 Å². The molecule has 0 radical (unpaired) electrons. The average Bonchev–Trinajstić information content (AvgIpc) is 2.47. The van der Waals surface area contributed by atoms with Gasteiger partial charge in [-0.1, -0.05) is 42.5 Å². The number of benzene rings is 2. The predicted molar refractivity (Wildman–Crippen MR) is 88.8 cm³/mol. The number of hydrogen-bond donors (Lipinski definition) is 4. The smallest absolute Gasteiger partial charge is 0.258 e. The lowest BCUT2D eigenvalue weighted by molar-refractivity contribution is -0.133. The number of amidine groups is 1. The number of nitrogen functional groups attached to an aromatic ring is 1. The standard InChI is InChI=1S/C15H14IN3O2/c16-12-8-9(13(17)18)6-7-11(12)15(21,14(19)20)10-4-2-1-3-5-10/h1-8,21H,(H3,17,18)(H2,19,20). The predicted octanol–water partition coefficient (Wildman–Crippen LogP) is 1.30. The molecule has 0 spiro atoms. The monoisotopic (exact) mass is 395 g/mol. The number of carbonyl (C=O) groups is 1. The Morgan fingerprint density at radius 3 is 2.24 bits per heavy atom. The molecule has 5 nitrogen and oxygen atoms in total. The number of primary amides is 1. The van der Waals surface area contributed by atoms with Gasteiger partial charge < -0.3 is 16.6 Å². The van der Waals surface area contributed by atoms with Crippen LogP contribution in [0.15, 0.2) is 48.5 Å². The summed E-state index contributed by atoms with van der Waals surface area (Å²) in [6.07, 6.45) is 0. The lowest BCUT2D eigenvalue weighted by Crippen LogP contribution is -2.42. The number of nitrogens with two attached hydrogens (primary N) is 2. The second kappa shape index (κ2) is 5.82. The van der Waals surface area contributed by atoms with Crippen LogP contribution in [-0.4, -0.2) is 16.8 Å². The molecule has 2 aromatic carbocycles. The van der Waals surface area contributed by atoms with Crippen molar-refractivity contribution in [1.82, 2.24) is 0 Å². The van der Waals surface area contributed by atoms with E-state index in [-0.39, 0.29) is 5.84 Å². The number of carbonyl (C=O) groups excluding carboxylic acids is 1. The Hall–Kier alpha value is -1.93. The van der Waals surface area contributed by atoms with Crippen molar-refractivity contribution in [2.75, 3.05) is 0 Å². The highest BCUT2D eigenvalue weighted by Crippen LogP contribution is 2.33. The van der Waals surface area contributed by atoms with Gasteiger partial charge in [0.15, 0.2) is 5.60 Å². The van der Waals surface area contributed by atoms with Crippen molar-refractivity contribution in [3.63, 3.8) is 0 Å². The van der Waals surface area contributed by atoms with Crippen molar-refractivity contribution in [2.45, 2.75) is 5.60 Å². The summed E-state index contributed by atoms with van der Waals surface area (Å²) < 4.78 is 0.602. The molecule has 0 heterocycles. The van der Waals surface area contributed by atoms with Crippen molar-refractivity contribution in [1.29, 1.82) is 5.41 Å². The Morgan fingerprint density at radius 1 is 1.14 bits per heavy atom. The Labute approximate surface area is 135 Å². The van der Waals surface area contributed by atoms with Gasteiger partial charge in [0.25, 0.3) is 5.91 Å².